The highest BCUT2D eigenvalue weighted by Gasteiger charge is 2.11. The molecule has 2 heterocycles. The summed E-state index contributed by atoms with van der Waals surface area (Å²) in [4.78, 5) is 6.63. The smallest absolute Gasteiger partial charge is 0.141 e. The van der Waals surface area contributed by atoms with Crippen LogP contribution in [0.2, 0.25) is 0 Å². The molecule has 0 radical (unpaired) electrons. The lowest BCUT2D eigenvalue weighted by Gasteiger charge is -2.26. The number of nitrogens with zero attached hydrogens (tertiary/aromatic N) is 2. The van der Waals surface area contributed by atoms with Gasteiger partial charge in [0.2, 0.25) is 0 Å². The van der Waals surface area contributed by atoms with Gasteiger partial charge in [-0.05, 0) is 23.8 Å². The van der Waals surface area contributed by atoms with Crippen molar-refractivity contribution in [3.05, 3.63) is 48.2 Å². The molecular weight excluding hydrogens is 252 g/mol. The molecule has 0 spiro atoms. The Morgan fingerprint density at radius 3 is 2.80 bits per heavy atom. The van der Waals surface area contributed by atoms with Gasteiger partial charge < -0.3 is 9.84 Å². The number of aromatic hydroxyl groups is 1. The van der Waals surface area contributed by atoms with E-state index >= 15 is 0 Å². The first-order valence-corrected chi connectivity index (χ1v) is 6.86. The van der Waals surface area contributed by atoms with Gasteiger partial charge in [-0.25, -0.2) is 0 Å². The highest BCUT2D eigenvalue weighted by atomic mass is 16.5. The highest BCUT2D eigenvalue weighted by molar-refractivity contribution is 5.66. The van der Waals surface area contributed by atoms with E-state index in [0.717, 1.165) is 38.4 Å². The minimum Gasteiger partial charge on any atom is -0.506 e. The molecule has 0 aliphatic carbocycles. The molecule has 4 nitrogen and oxygen atoms in total. The largest absolute Gasteiger partial charge is 0.506 e. The summed E-state index contributed by atoms with van der Waals surface area (Å²) >= 11 is 0. The summed E-state index contributed by atoms with van der Waals surface area (Å²) in [5.41, 5.74) is 2.82. The van der Waals surface area contributed by atoms with Crippen LogP contribution in [0.4, 0.5) is 0 Å². The maximum atomic E-state index is 9.89. The summed E-state index contributed by atoms with van der Waals surface area (Å²) < 4.78 is 5.36. The van der Waals surface area contributed by atoms with Gasteiger partial charge >= 0.3 is 0 Å². The molecule has 1 N–H and O–H groups in total. The molecule has 20 heavy (non-hydrogen) atoms. The van der Waals surface area contributed by atoms with Crippen LogP contribution in [0.1, 0.15) is 5.56 Å². The number of rotatable bonds is 3. The molecule has 104 valence electrons. The third-order valence-corrected chi connectivity index (χ3v) is 3.50. The van der Waals surface area contributed by atoms with Gasteiger partial charge in [0.25, 0.3) is 0 Å². The van der Waals surface area contributed by atoms with Crippen molar-refractivity contribution >= 4 is 0 Å². The van der Waals surface area contributed by atoms with Crippen LogP contribution in [-0.4, -0.2) is 41.3 Å². The molecule has 4 heteroatoms. The highest BCUT2D eigenvalue weighted by Crippen LogP contribution is 2.26. The molecule has 1 saturated heterocycles. The number of benzene rings is 1. The van der Waals surface area contributed by atoms with Crippen LogP contribution < -0.4 is 0 Å². The Morgan fingerprint density at radius 2 is 2.00 bits per heavy atom. The zero-order chi connectivity index (χ0) is 13.8. The molecule has 1 aliphatic rings. The maximum absolute atomic E-state index is 9.89. The van der Waals surface area contributed by atoms with E-state index in [4.69, 9.17) is 4.74 Å². The summed E-state index contributed by atoms with van der Waals surface area (Å²) in [5.74, 6) is 0.219. The van der Waals surface area contributed by atoms with Gasteiger partial charge in [-0.15, -0.1) is 0 Å². The molecule has 1 fully saturated rings. The third kappa shape index (κ3) is 2.98. The van der Waals surface area contributed by atoms with Crippen LogP contribution in [0.5, 0.6) is 5.75 Å². The molecule has 0 amide bonds. The van der Waals surface area contributed by atoms with E-state index in [9.17, 15) is 5.11 Å². The summed E-state index contributed by atoms with van der Waals surface area (Å²) in [6.45, 7) is 4.46. The second-order valence-corrected chi connectivity index (χ2v) is 4.96. The SMILES string of the molecule is Oc1cccnc1-c1cccc(CN2CCOCC2)c1. The average Bonchev–Trinajstić information content (AvgIpc) is 2.49. The standard InChI is InChI=1S/C16H18N2O2/c19-15-5-2-6-17-16(15)14-4-1-3-13(11-14)12-18-7-9-20-10-8-18/h1-6,11,19H,7-10,12H2. The normalized spacial score (nSPS) is 16.2. The zero-order valence-corrected chi connectivity index (χ0v) is 11.3. The lowest BCUT2D eigenvalue weighted by molar-refractivity contribution is 0.0342. The molecular formula is C16H18N2O2. The molecule has 0 atom stereocenters. The predicted octanol–water partition coefficient (Wildman–Crippen LogP) is 2.29. The van der Waals surface area contributed by atoms with Crippen LogP contribution >= 0.6 is 0 Å². The summed E-state index contributed by atoms with van der Waals surface area (Å²) in [7, 11) is 0. The topological polar surface area (TPSA) is 45.6 Å². The van der Waals surface area contributed by atoms with Crippen LogP contribution in [0.3, 0.4) is 0 Å². The van der Waals surface area contributed by atoms with E-state index in [1.54, 1.807) is 18.3 Å². The number of hydrogen-bond donors (Lipinski definition) is 1. The van der Waals surface area contributed by atoms with Crippen LogP contribution in [0.15, 0.2) is 42.6 Å². The molecule has 1 aliphatic heterocycles. The van der Waals surface area contributed by atoms with Gasteiger partial charge in [0, 0.05) is 31.4 Å². The predicted molar refractivity (Wildman–Crippen MR) is 77.4 cm³/mol. The number of hydrogen-bond acceptors (Lipinski definition) is 4. The van der Waals surface area contributed by atoms with E-state index in [-0.39, 0.29) is 5.75 Å². The first kappa shape index (κ1) is 13.1. The number of ether oxygens (including phenoxy) is 1. The second-order valence-electron chi connectivity index (χ2n) is 4.96. The minimum absolute atomic E-state index is 0.219. The quantitative estimate of drug-likeness (QED) is 0.929. The summed E-state index contributed by atoms with van der Waals surface area (Å²) in [6, 6.07) is 11.6. The van der Waals surface area contributed by atoms with Crippen molar-refractivity contribution in [2.45, 2.75) is 6.54 Å². The molecule has 2 aromatic rings. The van der Waals surface area contributed by atoms with Gasteiger partial charge in [-0.2, -0.15) is 0 Å². The minimum atomic E-state index is 0.219. The van der Waals surface area contributed by atoms with Crippen molar-refractivity contribution < 1.29 is 9.84 Å². The maximum Gasteiger partial charge on any atom is 0.141 e. The molecule has 1 aromatic carbocycles. The zero-order valence-electron chi connectivity index (χ0n) is 11.3. The first-order valence-electron chi connectivity index (χ1n) is 6.86. The fourth-order valence-corrected chi connectivity index (χ4v) is 2.45. The Balaban J connectivity index is 1.80. The van der Waals surface area contributed by atoms with Crippen LogP contribution in [-0.2, 0) is 11.3 Å². The monoisotopic (exact) mass is 270 g/mol. The molecule has 0 saturated carbocycles. The lowest BCUT2D eigenvalue weighted by atomic mass is 10.1. The van der Waals surface area contributed by atoms with E-state index in [0.29, 0.717) is 5.69 Å². The molecule has 0 bridgehead atoms. The van der Waals surface area contributed by atoms with E-state index in [1.807, 2.05) is 12.1 Å². The van der Waals surface area contributed by atoms with Crippen LogP contribution in [0.25, 0.3) is 11.3 Å². The Morgan fingerprint density at radius 1 is 1.15 bits per heavy atom. The summed E-state index contributed by atoms with van der Waals surface area (Å²) in [5, 5.41) is 9.89. The molecule has 1 aromatic heterocycles. The fourth-order valence-electron chi connectivity index (χ4n) is 2.45. The summed E-state index contributed by atoms with van der Waals surface area (Å²) in [6.07, 6.45) is 1.70. The van der Waals surface area contributed by atoms with Crippen molar-refractivity contribution in [3.8, 4) is 17.0 Å². The van der Waals surface area contributed by atoms with E-state index in [1.165, 1.54) is 5.56 Å². The first-order chi connectivity index (χ1) is 9.83. The van der Waals surface area contributed by atoms with Crippen molar-refractivity contribution in [1.29, 1.82) is 0 Å². The Bertz CT molecular complexity index is 580. The van der Waals surface area contributed by atoms with Crippen molar-refractivity contribution in [1.82, 2.24) is 9.88 Å². The number of pyridine rings is 1. The van der Waals surface area contributed by atoms with E-state index < -0.39 is 0 Å². The van der Waals surface area contributed by atoms with Crippen molar-refractivity contribution in [3.63, 3.8) is 0 Å². The Hall–Kier alpha value is -1.91. The van der Waals surface area contributed by atoms with Crippen molar-refractivity contribution in [2.75, 3.05) is 26.3 Å². The van der Waals surface area contributed by atoms with Gasteiger partial charge in [0.15, 0.2) is 0 Å². The van der Waals surface area contributed by atoms with Gasteiger partial charge in [0.05, 0.1) is 13.2 Å². The molecule has 0 unspecified atom stereocenters. The Labute approximate surface area is 118 Å². The second kappa shape index (κ2) is 6.03. The van der Waals surface area contributed by atoms with E-state index in [2.05, 4.69) is 22.0 Å². The van der Waals surface area contributed by atoms with Gasteiger partial charge in [-0.1, -0.05) is 18.2 Å². The van der Waals surface area contributed by atoms with Crippen molar-refractivity contribution in [2.24, 2.45) is 0 Å². The van der Waals surface area contributed by atoms with Crippen LogP contribution in [0, 0.1) is 0 Å². The molecule has 3 rings (SSSR count). The average molecular weight is 270 g/mol. The van der Waals surface area contributed by atoms with Gasteiger partial charge in [0.1, 0.15) is 11.4 Å². The third-order valence-electron chi connectivity index (χ3n) is 3.50. The lowest BCUT2D eigenvalue weighted by Crippen LogP contribution is -2.35. The number of aromatic nitrogens is 1. The fraction of sp³-hybridized carbons (Fsp3) is 0.312. The van der Waals surface area contributed by atoms with Gasteiger partial charge in [-0.3, -0.25) is 9.88 Å². The Kier molecular flexibility index (Phi) is 3.95. The number of morpholine rings is 1.